The number of aliphatic hydroxyl groups is 1. The van der Waals surface area contributed by atoms with Crippen LogP contribution in [0.5, 0.6) is 0 Å². The van der Waals surface area contributed by atoms with Gasteiger partial charge in [-0.3, -0.25) is 14.8 Å². The summed E-state index contributed by atoms with van der Waals surface area (Å²) in [6, 6.07) is 5.50. The first kappa shape index (κ1) is 13.0. The maximum Gasteiger partial charge on any atom is 0.256 e. The number of hydrogen-bond donors (Lipinski definition) is 1. The number of aromatic nitrogens is 2. The zero-order valence-corrected chi connectivity index (χ0v) is 11.2. The highest BCUT2D eigenvalue weighted by molar-refractivity contribution is 6.04. The largest absolute Gasteiger partial charge is 0.396 e. The van der Waals surface area contributed by atoms with Crippen LogP contribution < -0.4 is 0 Å². The maximum absolute atomic E-state index is 12.6. The summed E-state index contributed by atoms with van der Waals surface area (Å²) in [5.74, 6) is 0.332. The van der Waals surface area contributed by atoms with Gasteiger partial charge in [0.1, 0.15) is 5.52 Å². The van der Waals surface area contributed by atoms with Crippen molar-refractivity contribution in [1.29, 1.82) is 0 Å². The molecule has 0 saturated carbocycles. The summed E-state index contributed by atoms with van der Waals surface area (Å²) >= 11 is 0. The smallest absolute Gasteiger partial charge is 0.256 e. The number of fused-ring (bicyclic) bond motifs is 1. The quantitative estimate of drug-likeness (QED) is 0.898. The number of nitrogens with zero attached hydrogens (tertiary/aromatic N) is 3. The molecule has 0 radical (unpaired) electrons. The van der Waals surface area contributed by atoms with Crippen molar-refractivity contribution < 1.29 is 9.90 Å². The average molecular weight is 271 g/mol. The van der Waals surface area contributed by atoms with Crippen LogP contribution in [-0.4, -0.2) is 45.6 Å². The van der Waals surface area contributed by atoms with Crippen molar-refractivity contribution in [1.82, 2.24) is 14.9 Å². The van der Waals surface area contributed by atoms with Crippen LogP contribution in [0.2, 0.25) is 0 Å². The van der Waals surface area contributed by atoms with Crippen LogP contribution in [0.25, 0.3) is 11.0 Å². The topological polar surface area (TPSA) is 66.3 Å². The van der Waals surface area contributed by atoms with Crippen LogP contribution in [0.4, 0.5) is 0 Å². The van der Waals surface area contributed by atoms with Gasteiger partial charge in [-0.25, -0.2) is 0 Å². The molecule has 5 nitrogen and oxygen atoms in total. The van der Waals surface area contributed by atoms with E-state index < -0.39 is 0 Å². The van der Waals surface area contributed by atoms with Crippen LogP contribution in [0.3, 0.4) is 0 Å². The van der Waals surface area contributed by atoms with Crippen molar-refractivity contribution in [3.8, 4) is 0 Å². The molecule has 0 bridgehead atoms. The van der Waals surface area contributed by atoms with Crippen LogP contribution in [-0.2, 0) is 0 Å². The molecule has 5 heteroatoms. The van der Waals surface area contributed by atoms with Crippen molar-refractivity contribution in [3.05, 3.63) is 36.2 Å². The number of para-hydroxylation sites is 1. The van der Waals surface area contributed by atoms with Crippen LogP contribution >= 0.6 is 0 Å². The molecule has 1 saturated heterocycles. The third-order valence-electron chi connectivity index (χ3n) is 3.89. The minimum absolute atomic E-state index is 0.00693. The molecule has 1 N–H and O–H groups in total. The first-order valence-corrected chi connectivity index (χ1v) is 6.89. The number of piperidine rings is 1. The van der Waals surface area contributed by atoms with Gasteiger partial charge < -0.3 is 10.0 Å². The molecule has 104 valence electrons. The van der Waals surface area contributed by atoms with Crippen molar-refractivity contribution in [2.24, 2.45) is 5.92 Å². The van der Waals surface area contributed by atoms with E-state index in [4.69, 9.17) is 5.11 Å². The highest BCUT2D eigenvalue weighted by Crippen LogP contribution is 2.21. The molecule has 0 aliphatic carbocycles. The molecule has 2 heterocycles. The van der Waals surface area contributed by atoms with E-state index in [1.54, 1.807) is 18.5 Å². The van der Waals surface area contributed by atoms with Gasteiger partial charge in [0.25, 0.3) is 5.91 Å². The second kappa shape index (κ2) is 5.54. The average Bonchev–Trinajstić information content (AvgIpc) is 2.54. The van der Waals surface area contributed by atoms with Gasteiger partial charge in [-0.1, -0.05) is 6.07 Å². The molecule has 2 aromatic rings. The van der Waals surface area contributed by atoms with Gasteiger partial charge in [0, 0.05) is 32.1 Å². The fourth-order valence-corrected chi connectivity index (χ4v) is 2.65. The first-order chi connectivity index (χ1) is 9.79. The number of amides is 1. The summed E-state index contributed by atoms with van der Waals surface area (Å²) < 4.78 is 0. The fraction of sp³-hybridized carbons (Fsp3) is 0.400. The van der Waals surface area contributed by atoms with E-state index >= 15 is 0 Å². The standard InChI is InChI=1S/C15H17N3O2/c19-10-11-4-8-18(9-5-11)15(20)12-2-1-3-13-14(12)17-7-6-16-13/h1-3,6-7,11,19H,4-5,8-10H2. The number of rotatable bonds is 2. The minimum atomic E-state index is 0.00693. The number of hydrogen-bond acceptors (Lipinski definition) is 4. The summed E-state index contributed by atoms with van der Waals surface area (Å²) in [5, 5.41) is 9.15. The summed E-state index contributed by atoms with van der Waals surface area (Å²) in [7, 11) is 0. The van der Waals surface area contributed by atoms with Crippen LogP contribution in [0, 0.1) is 5.92 Å². The van der Waals surface area contributed by atoms with Gasteiger partial charge in [0.2, 0.25) is 0 Å². The maximum atomic E-state index is 12.6. The number of likely N-dealkylation sites (tertiary alicyclic amines) is 1. The lowest BCUT2D eigenvalue weighted by Gasteiger charge is -2.31. The summed E-state index contributed by atoms with van der Waals surface area (Å²) in [6.45, 7) is 1.60. The van der Waals surface area contributed by atoms with E-state index in [-0.39, 0.29) is 12.5 Å². The molecule has 1 aromatic carbocycles. The second-order valence-corrected chi connectivity index (χ2v) is 5.15. The molecule has 1 aliphatic rings. The number of benzene rings is 1. The zero-order valence-electron chi connectivity index (χ0n) is 11.2. The monoisotopic (exact) mass is 271 g/mol. The van der Waals surface area contributed by atoms with Crippen molar-refractivity contribution in [2.45, 2.75) is 12.8 Å². The number of aliphatic hydroxyl groups excluding tert-OH is 1. The Morgan fingerprint density at radius 3 is 2.75 bits per heavy atom. The third kappa shape index (κ3) is 2.36. The molecule has 3 rings (SSSR count). The van der Waals surface area contributed by atoms with Gasteiger partial charge in [0.15, 0.2) is 0 Å². The van der Waals surface area contributed by atoms with Gasteiger partial charge in [-0.05, 0) is 30.9 Å². The van der Waals surface area contributed by atoms with E-state index in [0.29, 0.717) is 30.1 Å². The molecule has 0 unspecified atom stereocenters. The van der Waals surface area contributed by atoms with Gasteiger partial charge in [0.05, 0.1) is 11.1 Å². The number of carbonyl (C=O) groups is 1. The Kier molecular flexibility index (Phi) is 3.60. The normalized spacial score (nSPS) is 16.6. The summed E-state index contributed by atoms with van der Waals surface area (Å²) in [4.78, 5) is 23.0. The lowest BCUT2D eigenvalue weighted by atomic mass is 9.97. The van der Waals surface area contributed by atoms with E-state index in [2.05, 4.69) is 9.97 Å². The highest BCUT2D eigenvalue weighted by Gasteiger charge is 2.24. The predicted molar refractivity (Wildman–Crippen MR) is 75.3 cm³/mol. The van der Waals surface area contributed by atoms with Gasteiger partial charge in [-0.15, -0.1) is 0 Å². The Morgan fingerprint density at radius 1 is 1.25 bits per heavy atom. The molecule has 20 heavy (non-hydrogen) atoms. The summed E-state index contributed by atoms with van der Waals surface area (Å²) in [6.07, 6.45) is 4.96. The molecule has 1 aromatic heterocycles. The number of carbonyl (C=O) groups excluding carboxylic acids is 1. The predicted octanol–water partition coefficient (Wildman–Crippen LogP) is 1.47. The molecule has 1 fully saturated rings. The molecule has 0 atom stereocenters. The Balaban J connectivity index is 1.86. The Bertz CT molecular complexity index is 616. The minimum Gasteiger partial charge on any atom is -0.396 e. The third-order valence-corrected chi connectivity index (χ3v) is 3.89. The van der Waals surface area contributed by atoms with E-state index in [9.17, 15) is 4.79 Å². The SMILES string of the molecule is O=C(c1cccc2nccnc12)N1CCC(CO)CC1. The lowest BCUT2D eigenvalue weighted by Crippen LogP contribution is -2.39. The van der Waals surface area contributed by atoms with Gasteiger partial charge >= 0.3 is 0 Å². The molecule has 1 amide bonds. The van der Waals surface area contributed by atoms with Crippen molar-refractivity contribution in [2.75, 3.05) is 19.7 Å². The van der Waals surface area contributed by atoms with E-state index in [1.165, 1.54) is 0 Å². The molecular formula is C15H17N3O2. The van der Waals surface area contributed by atoms with Crippen LogP contribution in [0.15, 0.2) is 30.6 Å². The fourth-order valence-electron chi connectivity index (χ4n) is 2.65. The van der Waals surface area contributed by atoms with Gasteiger partial charge in [-0.2, -0.15) is 0 Å². The van der Waals surface area contributed by atoms with Crippen molar-refractivity contribution in [3.63, 3.8) is 0 Å². The second-order valence-electron chi connectivity index (χ2n) is 5.15. The zero-order chi connectivity index (χ0) is 13.9. The Hall–Kier alpha value is -2.01. The Labute approximate surface area is 117 Å². The highest BCUT2D eigenvalue weighted by atomic mass is 16.3. The summed E-state index contributed by atoms with van der Waals surface area (Å²) in [5.41, 5.74) is 2.01. The van der Waals surface area contributed by atoms with E-state index in [0.717, 1.165) is 18.4 Å². The first-order valence-electron chi connectivity index (χ1n) is 6.89. The van der Waals surface area contributed by atoms with Crippen molar-refractivity contribution >= 4 is 16.9 Å². The molecular weight excluding hydrogens is 254 g/mol. The van der Waals surface area contributed by atoms with E-state index in [1.807, 2.05) is 17.0 Å². The molecule has 0 spiro atoms. The van der Waals surface area contributed by atoms with Crippen LogP contribution in [0.1, 0.15) is 23.2 Å². The lowest BCUT2D eigenvalue weighted by molar-refractivity contribution is 0.0652. The molecule has 1 aliphatic heterocycles. The Morgan fingerprint density at radius 2 is 2.00 bits per heavy atom.